The van der Waals surface area contributed by atoms with Crippen LogP contribution in [0.25, 0.3) is 0 Å². The van der Waals surface area contributed by atoms with Crippen molar-refractivity contribution in [2.24, 2.45) is 0 Å². The van der Waals surface area contributed by atoms with E-state index in [1.807, 2.05) is 11.8 Å². The Morgan fingerprint density at radius 1 is 1.52 bits per heavy atom. The lowest BCUT2D eigenvalue weighted by Gasteiger charge is -2.13. The summed E-state index contributed by atoms with van der Waals surface area (Å²) in [5.41, 5.74) is 0.485. The van der Waals surface area contributed by atoms with E-state index < -0.39 is 5.82 Å². The van der Waals surface area contributed by atoms with Crippen molar-refractivity contribution in [3.05, 3.63) is 35.1 Å². The molecule has 0 aromatic heterocycles. The van der Waals surface area contributed by atoms with E-state index in [-0.39, 0.29) is 24.1 Å². The monoisotopic (exact) mass is 307 g/mol. The van der Waals surface area contributed by atoms with E-state index in [9.17, 15) is 9.18 Å². The van der Waals surface area contributed by atoms with Crippen molar-refractivity contribution < 1.29 is 14.3 Å². The molecule has 1 saturated carbocycles. The van der Waals surface area contributed by atoms with E-state index in [1.165, 1.54) is 12.1 Å². The highest BCUT2D eigenvalue weighted by Gasteiger charge is 2.25. The summed E-state index contributed by atoms with van der Waals surface area (Å²) in [6, 6.07) is 4.39. The minimum Gasteiger partial charge on any atom is -0.384 e. The van der Waals surface area contributed by atoms with Gasteiger partial charge >= 0.3 is 0 Å². The van der Waals surface area contributed by atoms with Crippen LogP contribution in [0.15, 0.2) is 18.2 Å². The van der Waals surface area contributed by atoms with Gasteiger partial charge in [-0.05, 0) is 43.7 Å². The summed E-state index contributed by atoms with van der Waals surface area (Å²) in [5, 5.41) is 12.2. The van der Waals surface area contributed by atoms with Gasteiger partial charge in [0, 0.05) is 16.9 Å². The second kappa shape index (κ2) is 7.48. The molecule has 1 aliphatic rings. The van der Waals surface area contributed by atoms with Gasteiger partial charge in [0.2, 0.25) is 0 Å². The zero-order chi connectivity index (χ0) is 15.2. The number of aliphatic hydroxyl groups excluding tert-OH is 1. The third-order valence-electron chi connectivity index (χ3n) is 3.59. The van der Waals surface area contributed by atoms with Gasteiger partial charge in [0.15, 0.2) is 0 Å². The SMILES string of the molecule is CSC1CCC(NC(=O)c2ccc(C#CCO)c(F)c2)C1. The van der Waals surface area contributed by atoms with Gasteiger partial charge in [-0.3, -0.25) is 4.79 Å². The standard InChI is InChI=1S/C16H18FNO2S/c1-21-14-7-6-13(10-14)18-16(20)12-5-4-11(3-2-8-19)15(17)9-12/h4-5,9,13-14,19H,6-8,10H2,1H3,(H,18,20). The van der Waals surface area contributed by atoms with Crippen molar-refractivity contribution in [3.63, 3.8) is 0 Å². The molecule has 2 N–H and O–H groups in total. The Bertz CT molecular complexity index is 579. The lowest BCUT2D eigenvalue weighted by atomic mass is 10.1. The van der Waals surface area contributed by atoms with Crippen molar-refractivity contribution in [1.82, 2.24) is 5.32 Å². The maximum Gasteiger partial charge on any atom is 0.251 e. The van der Waals surface area contributed by atoms with Crippen molar-refractivity contribution >= 4 is 17.7 Å². The van der Waals surface area contributed by atoms with Gasteiger partial charge in [0.05, 0.1) is 5.56 Å². The van der Waals surface area contributed by atoms with Gasteiger partial charge in [-0.25, -0.2) is 4.39 Å². The average molecular weight is 307 g/mol. The van der Waals surface area contributed by atoms with Gasteiger partial charge in [-0.15, -0.1) is 0 Å². The summed E-state index contributed by atoms with van der Waals surface area (Å²) in [7, 11) is 0. The van der Waals surface area contributed by atoms with Crippen molar-refractivity contribution in [2.75, 3.05) is 12.9 Å². The molecule has 0 saturated heterocycles. The van der Waals surface area contributed by atoms with Crippen molar-refractivity contribution in [1.29, 1.82) is 0 Å². The first-order valence-corrected chi connectivity index (χ1v) is 8.15. The number of amides is 1. The van der Waals surface area contributed by atoms with E-state index >= 15 is 0 Å². The smallest absolute Gasteiger partial charge is 0.251 e. The molecule has 0 bridgehead atoms. The molecule has 1 amide bonds. The van der Waals surface area contributed by atoms with Crippen LogP contribution in [-0.2, 0) is 0 Å². The summed E-state index contributed by atoms with van der Waals surface area (Å²) in [6.45, 7) is -0.319. The number of benzene rings is 1. The number of nitrogens with one attached hydrogen (secondary N) is 1. The molecule has 0 spiro atoms. The number of rotatable bonds is 3. The van der Waals surface area contributed by atoms with E-state index in [4.69, 9.17) is 5.11 Å². The van der Waals surface area contributed by atoms with Gasteiger partial charge in [-0.2, -0.15) is 11.8 Å². The normalized spacial score (nSPS) is 20.7. The summed E-state index contributed by atoms with van der Waals surface area (Å²) in [6.07, 6.45) is 5.13. The minimum absolute atomic E-state index is 0.173. The fourth-order valence-corrected chi connectivity index (χ4v) is 3.24. The van der Waals surface area contributed by atoms with Crippen molar-refractivity contribution in [2.45, 2.75) is 30.6 Å². The van der Waals surface area contributed by atoms with Crippen LogP contribution in [0.1, 0.15) is 35.2 Å². The molecule has 21 heavy (non-hydrogen) atoms. The summed E-state index contributed by atoms with van der Waals surface area (Å²) in [5.74, 6) is 4.10. The molecule has 112 valence electrons. The van der Waals surface area contributed by atoms with Crippen LogP contribution in [0.3, 0.4) is 0 Å². The van der Waals surface area contributed by atoms with Crippen LogP contribution >= 0.6 is 11.8 Å². The summed E-state index contributed by atoms with van der Waals surface area (Å²) in [4.78, 5) is 12.1. The van der Waals surface area contributed by atoms with E-state index in [0.29, 0.717) is 10.8 Å². The molecule has 2 rings (SSSR count). The molecule has 3 nitrogen and oxygen atoms in total. The van der Waals surface area contributed by atoms with Gasteiger partial charge < -0.3 is 10.4 Å². The Kier molecular flexibility index (Phi) is 5.66. The van der Waals surface area contributed by atoms with Gasteiger partial charge in [0.25, 0.3) is 5.91 Å². The highest BCUT2D eigenvalue weighted by Crippen LogP contribution is 2.28. The fourth-order valence-electron chi connectivity index (χ4n) is 2.45. The zero-order valence-corrected chi connectivity index (χ0v) is 12.7. The molecular formula is C16H18FNO2S. The van der Waals surface area contributed by atoms with Gasteiger partial charge in [-0.1, -0.05) is 11.8 Å². The molecule has 0 radical (unpaired) electrons. The first-order valence-electron chi connectivity index (χ1n) is 6.87. The Morgan fingerprint density at radius 3 is 2.95 bits per heavy atom. The lowest BCUT2D eigenvalue weighted by molar-refractivity contribution is 0.0937. The van der Waals surface area contributed by atoms with Crippen molar-refractivity contribution in [3.8, 4) is 11.8 Å². The molecule has 0 heterocycles. The number of halogens is 1. The number of carbonyl (C=O) groups is 1. The molecule has 5 heteroatoms. The number of aliphatic hydroxyl groups is 1. The molecule has 2 atom stereocenters. The second-order valence-corrected chi connectivity index (χ2v) is 6.13. The Morgan fingerprint density at radius 2 is 2.33 bits per heavy atom. The first-order chi connectivity index (χ1) is 10.1. The number of thioether (sulfide) groups is 1. The van der Waals surface area contributed by atoms with Crippen LogP contribution in [0, 0.1) is 17.7 Å². The maximum absolute atomic E-state index is 13.8. The highest BCUT2D eigenvalue weighted by atomic mass is 32.2. The maximum atomic E-state index is 13.8. The topological polar surface area (TPSA) is 49.3 Å². The largest absolute Gasteiger partial charge is 0.384 e. The van der Waals surface area contributed by atoms with Crippen LogP contribution in [0.5, 0.6) is 0 Å². The molecular weight excluding hydrogens is 289 g/mol. The lowest BCUT2D eigenvalue weighted by Crippen LogP contribution is -2.33. The average Bonchev–Trinajstić information content (AvgIpc) is 2.93. The molecule has 1 fully saturated rings. The number of hydrogen-bond acceptors (Lipinski definition) is 3. The first kappa shape index (κ1) is 15.9. The predicted octanol–water partition coefficient (Wildman–Crippen LogP) is 2.18. The number of hydrogen-bond donors (Lipinski definition) is 2. The number of carbonyl (C=O) groups excluding carboxylic acids is 1. The minimum atomic E-state index is -0.544. The molecule has 0 aliphatic heterocycles. The second-order valence-electron chi connectivity index (χ2n) is 5.00. The predicted molar refractivity (Wildman–Crippen MR) is 82.8 cm³/mol. The Labute approximate surface area is 128 Å². The molecule has 1 aromatic rings. The zero-order valence-electron chi connectivity index (χ0n) is 11.9. The quantitative estimate of drug-likeness (QED) is 0.842. The fraction of sp³-hybridized carbons (Fsp3) is 0.438. The van der Waals surface area contributed by atoms with E-state index in [1.54, 1.807) is 6.07 Å². The van der Waals surface area contributed by atoms with Crippen LogP contribution in [0.2, 0.25) is 0 Å². The third kappa shape index (κ3) is 4.23. The van der Waals surface area contributed by atoms with E-state index in [2.05, 4.69) is 23.4 Å². The third-order valence-corrected chi connectivity index (χ3v) is 4.68. The molecule has 1 aromatic carbocycles. The van der Waals surface area contributed by atoms with Crippen LogP contribution in [-0.4, -0.2) is 35.2 Å². The van der Waals surface area contributed by atoms with Crippen LogP contribution in [0.4, 0.5) is 4.39 Å². The van der Waals surface area contributed by atoms with Gasteiger partial charge in [0.1, 0.15) is 12.4 Å². The molecule has 1 aliphatic carbocycles. The summed E-state index contributed by atoms with van der Waals surface area (Å²) < 4.78 is 13.8. The highest BCUT2D eigenvalue weighted by molar-refractivity contribution is 7.99. The summed E-state index contributed by atoms with van der Waals surface area (Å²) >= 11 is 1.82. The Balaban J connectivity index is 2.01. The molecule has 2 unspecified atom stereocenters. The van der Waals surface area contributed by atoms with E-state index in [0.717, 1.165) is 19.3 Å². The Hall–Kier alpha value is -1.51. The van der Waals surface area contributed by atoms with Crippen LogP contribution < -0.4 is 5.32 Å².